The average Bonchev–Trinajstić information content (AvgIpc) is 2.03. The van der Waals surface area contributed by atoms with Gasteiger partial charge in [0.15, 0.2) is 0 Å². The summed E-state index contributed by atoms with van der Waals surface area (Å²) in [7, 11) is 1.11. The maximum Gasteiger partial charge on any atom is 0.378 e. The van der Waals surface area contributed by atoms with Crippen molar-refractivity contribution < 1.29 is 19.4 Å². The molecule has 0 aliphatic rings. The fraction of sp³-hybridized carbons (Fsp3) is 0.143. The van der Waals surface area contributed by atoms with Crippen LogP contribution in [0.1, 0.15) is 0 Å². The summed E-state index contributed by atoms with van der Waals surface area (Å²) >= 11 is 0. The van der Waals surface area contributed by atoms with Crippen molar-refractivity contribution in [3.8, 4) is 0 Å². The molecule has 4 heteroatoms. The van der Waals surface area contributed by atoms with Crippen LogP contribution < -0.4 is 5.11 Å². The summed E-state index contributed by atoms with van der Waals surface area (Å²) in [6.45, 7) is 0. The molecule has 0 saturated heterocycles. The minimum absolute atomic E-state index is 0.501. The first-order chi connectivity index (χ1) is 5.22. The van der Waals surface area contributed by atoms with E-state index < -0.39 is 11.8 Å². The van der Waals surface area contributed by atoms with E-state index in [-0.39, 0.29) is 0 Å². The molecule has 11 heavy (non-hydrogen) atoms. The molecule has 0 bridgehead atoms. The largest absolute Gasteiger partial charge is 0.878 e. The van der Waals surface area contributed by atoms with Crippen LogP contribution in [0.2, 0.25) is 0 Å². The van der Waals surface area contributed by atoms with E-state index in [9.17, 15) is 14.7 Å². The van der Waals surface area contributed by atoms with Gasteiger partial charge >= 0.3 is 5.97 Å². The van der Waals surface area contributed by atoms with Crippen LogP contribution in [0, 0.1) is 0 Å². The molecule has 0 amide bonds. The van der Waals surface area contributed by atoms with E-state index in [0.717, 1.165) is 19.3 Å². The number of allylic oxidation sites excluding steroid dienone is 2. The molecule has 0 spiro atoms. The van der Waals surface area contributed by atoms with E-state index in [1.807, 2.05) is 0 Å². The number of hydrogen-bond acceptors (Lipinski definition) is 4. The third-order valence-electron chi connectivity index (χ3n) is 0.824. The molecule has 0 rings (SSSR count). The predicted octanol–water partition coefficient (Wildman–Crippen LogP) is -0.841. The summed E-state index contributed by atoms with van der Waals surface area (Å²) in [6.07, 6.45) is 3.73. The zero-order valence-electron chi connectivity index (χ0n) is 5.94. The highest BCUT2D eigenvalue weighted by molar-refractivity contribution is 6.38. The Morgan fingerprint density at radius 3 is 2.45 bits per heavy atom. The van der Waals surface area contributed by atoms with Crippen molar-refractivity contribution in [1.29, 1.82) is 0 Å². The van der Waals surface area contributed by atoms with Crippen molar-refractivity contribution in [2.45, 2.75) is 0 Å². The number of ether oxygens (including phenoxy) is 1. The smallest absolute Gasteiger partial charge is 0.378 e. The second-order valence-electron chi connectivity index (χ2n) is 1.54. The van der Waals surface area contributed by atoms with Crippen molar-refractivity contribution in [2.24, 2.45) is 0 Å². The molecule has 0 aliphatic carbocycles. The van der Waals surface area contributed by atoms with Crippen LogP contribution in [0.3, 0.4) is 0 Å². The molecule has 0 aromatic rings. The van der Waals surface area contributed by atoms with E-state index in [4.69, 9.17) is 0 Å². The topological polar surface area (TPSA) is 66.4 Å². The SMILES string of the molecule is COC(=O)C(=O)C=CC=C[O-]. The summed E-state index contributed by atoms with van der Waals surface area (Å²) in [4.78, 5) is 20.9. The molecular weight excluding hydrogens is 148 g/mol. The maximum atomic E-state index is 10.6. The molecule has 0 heterocycles. The Labute approximate surface area is 63.8 Å². The molecule has 0 unspecified atom stereocenters. The highest BCUT2D eigenvalue weighted by atomic mass is 16.5. The number of rotatable bonds is 3. The molecule has 4 nitrogen and oxygen atoms in total. The van der Waals surface area contributed by atoms with E-state index in [0.29, 0.717) is 6.26 Å². The summed E-state index contributed by atoms with van der Waals surface area (Å²) in [6, 6.07) is 0. The van der Waals surface area contributed by atoms with Crippen molar-refractivity contribution in [2.75, 3.05) is 7.11 Å². The van der Waals surface area contributed by atoms with Gasteiger partial charge in [-0.15, -0.1) is 6.26 Å². The summed E-state index contributed by atoms with van der Waals surface area (Å²) in [5.41, 5.74) is 0. The van der Waals surface area contributed by atoms with Crippen LogP contribution in [-0.2, 0) is 14.3 Å². The van der Waals surface area contributed by atoms with E-state index in [1.165, 1.54) is 6.08 Å². The van der Waals surface area contributed by atoms with Gasteiger partial charge in [-0.25, -0.2) is 4.79 Å². The number of hydrogen-bond donors (Lipinski definition) is 0. The highest BCUT2D eigenvalue weighted by Crippen LogP contribution is 1.81. The minimum Gasteiger partial charge on any atom is -0.878 e. The maximum absolute atomic E-state index is 10.6. The third kappa shape index (κ3) is 3.91. The Hall–Kier alpha value is -1.58. The number of methoxy groups -OCH3 is 1. The second-order valence-corrected chi connectivity index (χ2v) is 1.54. The fourth-order valence-corrected chi connectivity index (χ4v) is 0.357. The molecule has 0 N–H and O–H groups in total. The molecule has 0 radical (unpaired) electrons. The van der Waals surface area contributed by atoms with E-state index >= 15 is 0 Å². The van der Waals surface area contributed by atoms with Crippen LogP contribution in [0.4, 0.5) is 0 Å². The van der Waals surface area contributed by atoms with Crippen LogP contribution >= 0.6 is 0 Å². The number of esters is 1. The van der Waals surface area contributed by atoms with Gasteiger partial charge in [-0.1, -0.05) is 12.2 Å². The number of carbonyl (C=O) groups excluding carboxylic acids is 2. The normalized spacial score (nSPS) is 10.6. The quantitative estimate of drug-likeness (QED) is 0.175. The monoisotopic (exact) mass is 155 g/mol. The Kier molecular flexibility index (Phi) is 4.47. The molecule has 0 aliphatic heterocycles. The van der Waals surface area contributed by atoms with Crippen molar-refractivity contribution in [1.82, 2.24) is 0 Å². The third-order valence-corrected chi connectivity index (χ3v) is 0.824. The van der Waals surface area contributed by atoms with Gasteiger partial charge in [0.25, 0.3) is 5.78 Å². The van der Waals surface area contributed by atoms with Gasteiger partial charge in [-0.05, 0) is 6.08 Å². The van der Waals surface area contributed by atoms with Crippen LogP contribution in [0.15, 0.2) is 24.5 Å². The Balaban J connectivity index is 3.97. The predicted molar refractivity (Wildman–Crippen MR) is 35.3 cm³/mol. The van der Waals surface area contributed by atoms with Crippen LogP contribution in [0.25, 0.3) is 0 Å². The van der Waals surface area contributed by atoms with Crippen molar-refractivity contribution in [3.05, 3.63) is 24.5 Å². The van der Waals surface area contributed by atoms with E-state index in [2.05, 4.69) is 4.74 Å². The summed E-state index contributed by atoms with van der Waals surface area (Å²) in [5.74, 6) is -1.73. The zero-order chi connectivity index (χ0) is 8.69. The highest BCUT2D eigenvalue weighted by Gasteiger charge is 2.07. The van der Waals surface area contributed by atoms with Crippen molar-refractivity contribution in [3.63, 3.8) is 0 Å². The zero-order valence-corrected chi connectivity index (χ0v) is 5.94. The standard InChI is InChI=1S/C7H8O4/c1-11-7(10)6(9)4-2-3-5-8/h2-5,8H,1H3/p-1. The lowest BCUT2D eigenvalue weighted by molar-refractivity contribution is -0.274. The molecule has 0 atom stereocenters. The summed E-state index contributed by atoms with van der Waals surface area (Å²) in [5, 5.41) is 9.69. The average molecular weight is 155 g/mol. The van der Waals surface area contributed by atoms with Gasteiger partial charge in [-0.2, -0.15) is 0 Å². The van der Waals surface area contributed by atoms with Crippen molar-refractivity contribution >= 4 is 11.8 Å². The fourth-order valence-electron chi connectivity index (χ4n) is 0.357. The first kappa shape index (κ1) is 9.42. The van der Waals surface area contributed by atoms with Crippen LogP contribution in [-0.4, -0.2) is 18.9 Å². The lowest BCUT2D eigenvalue weighted by atomic mass is 10.3. The van der Waals surface area contributed by atoms with Gasteiger partial charge < -0.3 is 9.84 Å². The molecule has 60 valence electrons. The van der Waals surface area contributed by atoms with E-state index in [1.54, 1.807) is 0 Å². The van der Waals surface area contributed by atoms with Gasteiger partial charge in [0.05, 0.1) is 7.11 Å². The summed E-state index contributed by atoms with van der Waals surface area (Å²) < 4.78 is 4.10. The Bertz CT molecular complexity index is 202. The molecule has 0 fully saturated rings. The lowest BCUT2D eigenvalue weighted by Gasteiger charge is -1.89. The first-order valence-corrected chi connectivity index (χ1v) is 2.79. The van der Waals surface area contributed by atoms with Crippen LogP contribution in [0.5, 0.6) is 0 Å². The molecule has 0 aromatic carbocycles. The Morgan fingerprint density at radius 1 is 1.36 bits per heavy atom. The second kappa shape index (κ2) is 5.22. The van der Waals surface area contributed by atoms with Gasteiger partial charge in [-0.3, -0.25) is 4.79 Å². The Morgan fingerprint density at radius 2 is 2.00 bits per heavy atom. The number of carbonyl (C=O) groups is 2. The van der Waals surface area contributed by atoms with Gasteiger partial charge in [0.2, 0.25) is 0 Å². The first-order valence-electron chi connectivity index (χ1n) is 2.79. The molecule has 0 saturated carbocycles. The van der Waals surface area contributed by atoms with Gasteiger partial charge in [0.1, 0.15) is 0 Å². The lowest BCUT2D eigenvalue weighted by Crippen LogP contribution is -2.11. The minimum atomic E-state index is -0.944. The van der Waals surface area contributed by atoms with Gasteiger partial charge in [0, 0.05) is 0 Å². The molecular formula is C7H7O4-. The molecule has 0 aromatic heterocycles. The number of ketones is 1.